The Morgan fingerprint density at radius 1 is 1.50 bits per heavy atom. The molecule has 0 fully saturated rings. The first-order valence-corrected chi connectivity index (χ1v) is 4.42. The van der Waals surface area contributed by atoms with Crippen LogP contribution in [0.1, 0.15) is 6.92 Å². The van der Waals surface area contributed by atoms with Crippen LogP contribution in [0.4, 0.5) is 0 Å². The molecule has 0 aliphatic heterocycles. The van der Waals surface area contributed by atoms with Crippen molar-refractivity contribution < 1.29 is 15.0 Å². The van der Waals surface area contributed by atoms with Gasteiger partial charge < -0.3 is 20.8 Å². The normalized spacial score (nSPS) is 11.1. The van der Waals surface area contributed by atoms with Crippen LogP contribution in [0, 0.1) is 0 Å². The Hall–Kier alpha value is -0.910. The molecular formula is C9H18N2O3. The third-order valence-corrected chi connectivity index (χ3v) is 1.71. The zero-order chi connectivity index (χ0) is 11.0. The Labute approximate surface area is 83.8 Å². The van der Waals surface area contributed by atoms with Crippen LogP contribution >= 0.6 is 0 Å². The Balaban J connectivity index is 3.85. The van der Waals surface area contributed by atoms with Crippen molar-refractivity contribution >= 4 is 5.91 Å². The highest BCUT2D eigenvalue weighted by Gasteiger charge is 2.23. The smallest absolute Gasteiger partial charge is 0.234 e. The first-order chi connectivity index (χ1) is 6.58. The van der Waals surface area contributed by atoms with Crippen LogP contribution in [0.25, 0.3) is 0 Å². The lowest BCUT2D eigenvalue weighted by atomic mass is 10.1. The molecule has 5 nitrogen and oxygen atoms in total. The lowest BCUT2D eigenvalue weighted by Gasteiger charge is -2.26. The van der Waals surface area contributed by atoms with Crippen molar-refractivity contribution in [3.63, 3.8) is 0 Å². The van der Waals surface area contributed by atoms with E-state index >= 15 is 0 Å². The van der Waals surface area contributed by atoms with E-state index in [1.807, 2.05) is 0 Å². The number of nitrogens with one attached hydrogen (secondary N) is 2. The molecule has 0 spiro atoms. The van der Waals surface area contributed by atoms with E-state index in [1.54, 1.807) is 13.0 Å². The molecule has 82 valence electrons. The predicted molar refractivity (Wildman–Crippen MR) is 53.8 cm³/mol. The van der Waals surface area contributed by atoms with Crippen LogP contribution in [-0.4, -0.2) is 48.0 Å². The Morgan fingerprint density at radius 2 is 2.07 bits per heavy atom. The van der Waals surface area contributed by atoms with Gasteiger partial charge in [0, 0.05) is 6.54 Å². The monoisotopic (exact) mass is 202 g/mol. The molecule has 0 aliphatic rings. The van der Waals surface area contributed by atoms with Crippen LogP contribution in [-0.2, 0) is 4.79 Å². The number of rotatable bonds is 7. The summed E-state index contributed by atoms with van der Waals surface area (Å²) >= 11 is 0. The predicted octanol–water partition coefficient (Wildman–Crippen LogP) is -1.38. The van der Waals surface area contributed by atoms with Gasteiger partial charge in [-0.1, -0.05) is 6.08 Å². The number of hydrogen-bond donors (Lipinski definition) is 4. The highest BCUT2D eigenvalue weighted by atomic mass is 16.3. The van der Waals surface area contributed by atoms with Gasteiger partial charge in [-0.15, -0.1) is 6.58 Å². The summed E-state index contributed by atoms with van der Waals surface area (Å²) in [5, 5.41) is 23.1. The zero-order valence-electron chi connectivity index (χ0n) is 8.42. The molecule has 14 heavy (non-hydrogen) atoms. The minimum atomic E-state index is -0.951. The summed E-state index contributed by atoms with van der Waals surface area (Å²) in [4.78, 5) is 11.2. The number of aliphatic hydroxyl groups is 2. The number of carbonyl (C=O) groups excluding carboxylic acids is 1. The van der Waals surface area contributed by atoms with Crippen molar-refractivity contribution in [3.8, 4) is 0 Å². The fraction of sp³-hybridized carbons (Fsp3) is 0.667. The van der Waals surface area contributed by atoms with Crippen molar-refractivity contribution in [2.75, 3.05) is 26.3 Å². The Morgan fingerprint density at radius 3 is 2.50 bits per heavy atom. The van der Waals surface area contributed by atoms with Crippen LogP contribution in [0.5, 0.6) is 0 Å². The molecule has 0 unspecified atom stereocenters. The van der Waals surface area contributed by atoms with Gasteiger partial charge in [-0.25, -0.2) is 0 Å². The summed E-state index contributed by atoms with van der Waals surface area (Å²) in [7, 11) is 0. The van der Waals surface area contributed by atoms with E-state index < -0.39 is 5.54 Å². The van der Waals surface area contributed by atoms with Gasteiger partial charge in [-0.3, -0.25) is 4.79 Å². The summed E-state index contributed by atoms with van der Waals surface area (Å²) in [6.07, 6.45) is 1.64. The van der Waals surface area contributed by atoms with Crippen molar-refractivity contribution in [2.45, 2.75) is 12.5 Å². The molecule has 5 heteroatoms. The molecule has 0 aromatic carbocycles. The zero-order valence-corrected chi connectivity index (χ0v) is 8.42. The molecule has 0 bridgehead atoms. The Bertz CT molecular complexity index is 190. The van der Waals surface area contributed by atoms with Gasteiger partial charge in [0.1, 0.15) is 0 Å². The van der Waals surface area contributed by atoms with Crippen molar-refractivity contribution in [1.82, 2.24) is 10.6 Å². The van der Waals surface area contributed by atoms with E-state index in [4.69, 9.17) is 10.2 Å². The van der Waals surface area contributed by atoms with Gasteiger partial charge in [0.2, 0.25) is 5.91 Å². The molecule has 1 amide bonds. The highest BCUT2D eigenvalue weighted by Crippen LogP contribution is 1.99. The molecular weight excluding hydrogens is 184 g/mol. The van der Waals surface area contributed by atoms with Crippen molar-refractivity contribution in [2.24, 2.45) is 0 Å². The average Bonchev–Trinajstić information content (AvgIpc) is 2.18. The third kappa shape index (κ3) is 4.96. The molecule has 0 aromatic heterocycles. The number of amides is 1. The largest absolute Gasteiger partial charge is 0.394 e. The lowest BCUT2D eigenvalue weighted by Crippen LogP contribution is -2.53. The summed E-state index contributed by atoms with van der Waals surface area (Å²) < 4.78 is 0. The van der Waals surface area contributed by atoms with E-state index in [1.165, 1.54) is 0 Å². The lowest BCUT2D eigenvalue weighted by molar-refractivity contribution is -0.123. The summed E-state index contributed by atoms with van der Waals surface area (Å²) in [6.45, 7) is 5.15. The highest BCUT2D eigenvalue weighted by molar-refractivity contribution is 5.78. The van der Waals surface area contributed by atoms with Gasteiger partial charge in [0.15, 0.2) is 0 Å². The number of hydrogen-bond acceptors (Lipinski definition) is 4. The fourth-order valence-electron chi connectivity index (χ4n) is 0.798. The molecule has 0 atom stereocenters. The van der Waals surface area contributed by atoms with Crippen molar-refractivity contribution in [3.05, 3.63) is 12.7 Å². The van der Waals surface area contributed by atoms with E-state index in [9.17, 15) is 4.79 Å². The van der Waals surface area contributed by atoms with E-state index in [-0.39, 0.29) is 25.7 Å². The number of carbonyl (C=O) groups is 1. The average molecular weight is 202 g/mol. The molecule has 4 N–H and O–H groups in total. The van der Waals surface area contributed by atoms with Crippen LogP contribution < -0.4 is 10.6 Å². The van der Waals surface area contributed by atoms with E-state index in [0.717, 1.165) is 0 Å². The van der Waals surface area contributed by atoms with Gasteiger partial charge in [-0.2, -0.15) is 0 Å². The third-order valence-electron chi connectivity index (χ3n) is 1.71. The quantitative estimate of drug-likeness (QED) is 0.303. The van der Waals surface area contributed by atoms with Crippen molar-refractivity contribution in [1.29, 1.82) is 0 Å². The molecule has 0 radical (unpaired) electrons. The second kappa shape index (κ2) is 6.53. The standard InChI is InChI=1S/C9H18N2O3/c1-3-4-10-5-8(14)11-9(2,6-12)7-13/h3,10,12-13H,1,4-7H2,2H3,(H,11,14). The molecule has 0 rings (SSSR count). The fourth-order valence-corrected chi connectivity index (χ4v) is 0.798. The summed E-state index contributed by atoms with van der Waals surface area (Å²) in [5.41, 5.74) is -0.951. The Kier molecular flexibility index (Phi) is 6.11. The molecule has 0 heterocycles. The van der Waals surface area contributed by atoms with Crippen LogP contribution in [0.15, 0.2) is 12.7 Å². The second-order valence-corrected chi connectivity index (χ2v) is 3.34. The second-order valence-electron chi connectivity index (χ2n) is 3.34. The topological polar surface area (TPSA) is 81.6 Å². The number of aliphatic hydroxyl groups excluding tert-OH is 2. The maximum Gasteiger partial charge on any atom is 0.234 e. The maximum absolute atomic E-state index is 11.2. The summed E-state index contributed by atoms with van der Waals surface area (Å²) in [6, 6.07) is 0. The van der Waals surface area contributed by atoms with Gasteiger partial charge in [0.05, 0.1) is 25.3 Å². The first kappa shape index (κ1) is 13.1. The van der Waals surface area contributed by atoms with Gasteiger partial charge >= 0.3 is 0 Å². The minimum absolute atomic E-state index is 0.140. The first-order valence-electron chi connectivity index (χ1n) is 4.42. The molecule has 0 aromatic rings. The van der Waals surface area contributed by atoms with Crippen LogP contribution in [0.2, 0.25) is 0 Å². The molecule has 0 saturated carbocycles. The van der Waals surface area contributed by atoms with Gasteiger partial charge in [-0.05, 0) is 6.92 Å². The van der Waals surface area contributed by atoms with E-state index in [0.29, 0.717) is 6.54 Å². The SMILES string of the molecule is C=CCNCC(=O)NC(C)(CO)CO. The van der Waals surface area contributed by atoms with Crippen LogP contribution in [0.3, 0.4) is 0 Å². The maximum atomic E-state index is 11.2. The summed E-state index contributed by atoms with van der Waals surface area (Å²) in [5.74, 6) is -0.266. The minimum Gasteiger partial charge on any atom is -0.394 e. The molecule has 0 aliphatic carbocycles. The van der Waals surface area contributed by atoms with E-state index in [2.05, 4.69) is 17.2 Å². The molecule has 0 saturated heterocycles. The van der Waals surface area contributed by atoms with Gasteiger partial charge in [0.25, 0.3) is 0 Å².